The van der Waals surface area contributed by atoms with Gasteiger partial charge in [-0.3, -0.25) is 13.7 Å². The maximum absolute atomic E-state index is 9.16. The summed E-state index contributed by atoms with van der Waals surface area (Å²) in [6, 6.07) is 24.7. The fourth-order valence-electron chi connectivity index (χ4n) is 7.49. The van der Waals surface area contributed by atoms with Crippen LogP contribution in [0.15, 0.2) is 176 Å². The second kappa shape index (κ2) is 14.3. The lowest BCUT2D eigenvalue weighted by atomic mass is 9.86. The number of aromatic nitrogens is 4. The van der Waals surface area contributed by atoms with E-state index in [0.29, 0.717) is 39.3 Å². The Morgan fingerprint density at radius 2 is 1.36 bits per heavy atom. The van der Waals surface area contributed by atoms with Crippen LogP contribution in [0.2, 0.25) is 0 Å². The number of hydrogen-bond donors (Lipinski definition) is 0. The Balaban J connectivity index is 1.20. The summed E-state index contributed by atoms with van der Waals surface area (Å²) < 4.78 is 142. The smallest absolute Gasteiger partial charge is 0.269 e. The fourth-order valence-corrected chi connectivity index (χ4v) is 7.49. The maximum Gasteiger partial charge on any atom is 0.269 e. The van der Waals surface area contributed by atoms with Gasteiger partial charge < -0.3 is 4.74 Å². The molecular weight excluding hydrogens is 721 g/mol. The van der Waals surface area contributed by atoms with Crippen molar-refractivity contribution in [3.63, 3.8) is 0 Å². The molecule has 286 valence electrons. The molecule has 0 N–H and O–H groups in total. The minimum Gasteiger partial charge on any atom is -0.458 e. The highest BCUT2D eigenvalue weighted by Gasteiger charge is 2.22. The van der Waals surface area contributed by atoms with Crippen LogP contribution in [0, 0.1) is 20.1 Å². The van der Waals surface area contributed by atoms with E-state index >= 15 is 0 Å². The average Bonchev–Trinajstić information content (AvgIpc) is 3.90. The molecule has 3 heterocycles. The van der Waals surface area contributed by atoms with Gasteiger partial charge in [-0.15, -0.1) is 0 Å². The first kappa shape index (κ1) is 23.2. The van der Waals surface area contributed by atoms with E-state index in [9.17, 15) is 0 Å². The van der Waals surface area contributed by atoms with E-state index in [1.807, 2.05) is 75.4 Å². The van der Waals surface area contributed by atoms with E-state index in [4.69, 9.17) is 25.3 Å². The van der Waals surface area contributed by atoms with Gasteiger partial charge in [-0.05, 0) is 101 Å². The number of benzene rings is 7. The third-order valence-electron chi connectivity index (χ3n) is 10.4. The predicted octanol–water partition coefficient (Wildman–Crippen LogP) is 13.2. The van der Waals surface area contributed by atoms with E-state index in [-0.39, 0.29) is 57.1 Å². The molecule has 0 saturated carbocycles. The molecule has 10 aromatic rings. The summed E-state index contributed by atoms with van der Waals surface area (Å²) >= 11 is 0. The highest BCUT2D eigenvalue weighted by molar-refractivity contribution is 6.09. The van der Waals surface area contributed by atoms with Gasteiger partial charge in [-0.2, -0.15) is 0 Å². The van der Waals surface area contributed by atoms with Gasteiger partial charge in [0.05, 0.1) is 49.9 Å². The number of para-hydroxylation sites is 4. The number of ether oxygens (including phenoxy) is 1. The molecule has 3 aromatic heterocycles. The Hall–Kier alpha value is -7.24. The van der Waals surface area contributed by atoms with Crippen molar-refractivity contribution in [3.8, 4) is 50.9 Å². The zero-order valence-corrected chi connectivity index (χ0v) is 32.5. The van der Waals surface area contributed by atoms with Gasteiger partial charge >= 0.3 is 0 Å². The van der Waals surface area contributed by atoms with Crippen LogP contribution in [0.3, 0.4) is 0 Å². The number of fused-ring (bicyclic) bond motifs is 4. The molecule has 0 spiro atoms. The first-order valence-corrected chi connectivity index (χ1v) is 19.0. The standard InChI is InChI=1S/C54H44N4O/c1-36-29-52(55-34-37(36)2)58-48-24-13-12-21-46(48)47-28-27-42(33-51(47)58)59-43-31-40(54(3,4)5)30-41(32-43)56-35-57(50-26-15-14-25-49(50)56)53-44(38-17-8-6-9-18-38)22-16-23-45(53)39-19-10-7-11-20-39/h6-34H,1-5H3/i1D3,6D,7D,8D,9D,10D,11D,17D,18D,19D,20D,29D,34D. The normalized spacial score (nSPS) is 15.6. The zero-order chi connectivity index (χ0) is 53.2. The minimum atomic E-state index is -2.68. The highest BCUT2D eigenvalue weighted by atomic mass is 16.5. The summed E-state index contributed by atoms with van der Waals surface area (Å²) in [6.07, 6.45) is 3.19. The molecule has 0 radical (unpaired) electrons. The summed E-state index contributed by atoms with van der Waals surface area (Å²) in [6.45, 7) is 4.93. The predicted molar refractivity (Wildman–Crippen MR) is 241 cm³/mol. The van der Waals surface area contributed by atoms with Crippen LogP contribution in [-0.4, -0.2) is 14.1 Å². The molecule has 59 heavy (non-hydrogen) atoms. The SMILES string of the molecule is [2H]c1nc(-n2c3ccccc3c3ccc(Oc4cc(-n5[c-][n+](-c6c(-c7c([2H])c([2H])c([2H])c([2H])c7[2H])cccc6-c6c([2H])c([2H])c([2H])c([2H])c6[2H])c6ccccc65)cc(C(C)(C)C)c4)cc32)c([2H])c(C([2H])([2H])[2H])c1C. The Labute approximate surface area is 366 Å². The monoisotopic (exact) mass is 779 g/mol. The Morgan fingerprint density at radius 1 is 0.678 bits per heavy atom. The number of nitrogens with zero attached hydrogens (tertiary/aromatic N) is 4. The Morgan fingerprint density at radius 3 is 2.07 bits per heavy atom. The van der Waals surface area contributed by atoms with Crippen molar-refractivity contribution in [1.82, 2.24) is 14.1 Å². The molecule has 7 aromatic carbocycles. The molecular formula is C54H44N4O. The molecule has 0 aliphatic rings. The summed E-state index contributed by atoms with van der Waals surface area (Å²) in [4.78, 5) is 4.48. The van der Waals surface area contributed by atoms with E-state index < -0.39 is 72.7 Å². The summed E-state index contributed by atoms with van der Waals surface area (Å²) in [5, 5.41) is 1.58. The Kier molecular flexibility index (Phi) is 5.63. The Bertz CT molecular complexity index is 3880. The largest absolute Gasteiger partial charge is 0.458 e. The van der Waals surface area contributed by atoms with Crippen LogP contribution in [-0.2, 0) is 5.41 Å². The molecule has 0 aliphatic heterocycles. The molecule has 0 bridgehead atoms. The molecule has 0 aliphatic carbocycles. The van der Waals surface area contributed by atoms with Crippen molar-refractivity contribution in [2.45, 2.75) is 40.0 Å². The van der Waals surface area contributed by atoms with Crippen molar-refractivity contribution < 1.29 is 29.9 Å². The van der Waals surface area contributed by atoms with Crippen LogP contribution in [0.4, 0.5) is 0 Å². The second-order valence-electron chi connectivity index (χ2n) is 15.2. The first-order valence-electron chi connectivity index (χ1n) is 26.5. The van der Waals surface area contributed by atoms with Crippen LogP contribution >= 0.6 is 0 Å². The van der Waals surface area contributed by atoms with Crippen molar-refractivity contribution in [1.29, 1.82) is 0 Å². The van der Waals surface area contributed by atoms with Crippen LogP contribution in [0.5, 0.6) is 11.5 Å². The zero-order valence-electron chi connectivity index (χ0n) is 47.5. The van der Waals surface area contributed by atoms with Gasteiger partial charge in [-0.1, -0.05) is 142 Å². The maximum atomic E-state index is 9.16. The summed E-state index contributed by atoms with van der Waals surface area (Å²) in [5.41, 5.74) is 3.09. The average molecular weight is 780 g/mol. The van der Waals surface area contributed by atoms with E-state index in [1.54, 1.807) is 62.2 Å². The number of pyridine rings is 1. The number of rotatable bonds is 7. The van der Waals surface area contributed by atoms with Crippen LogP contribution in [0.25, 0.3) is 72.3 Å². The molecule has 5 heteroatoms. The number of imidazole rings is 1. The van der Waals surface area contributed by atoms with Crippen molar-refractivity contribution >= 4 is 32.8 Å². The molecule has 0 saturated heterocycles. The third-order valence-corrected chi connectivity index (χ3v) is 10.4. The quantitative estimate of drug-likeness (QED) is 0.119. The molecule has 0 atom stereocenters. The number of hydrogen-bond acceptors (Lipinski definition) is 2. The van der Waals surface area contributed by atoms with Gasteiger partial charge in [0.15, 0.2) is 0 Å². The van der Waals surface area contributed by atoms with E-state index in [1.165, 1.54) is 6.92 Å². The second-order valence-corrected chi connectivity index (χ2v) is 15.2. The van der Waals surface area contributed by atoms with Crippen molar-refractivity contribution in [2.24, 2.45) is 0 Å². The first-order chi connectivity index (χ1) is 34.9. The topological polar surface area (TPSA) is 35.9 Å². The highest BCUT2D eigenvalue weighted by Crippen LogP contribution is 2.38. The van der Waals surface area contributed by atoms with Gasteiger partial charge in [0, 0.05) is 27.1 Å². The summed E-state index contributed by atoms with van der Waals surface area (Å²) in [5.74, 6) is 0.768. The lowest BCUT2D eigenvalue weighted by Gasteiger charge is -2.22. The molecule has 10 rings (SSSR count). The molecule has 5 nitrogen and oxygen atoms in total. The minimum absolute atomic E-state index is 0.0155. The van der Waals surface area contributed by atoms with Gasteiger partial charge in [0.25, 0.3) is 6.33 Å². The van der Waals surface area contributed by atoms with E-state index in [2.05, 4.69) is 11.3 Å². The molecule has 0 amide bonds. The summed E-state index contributed by atoms with van der Waals surface area (Å²) in [7, 11) is 0. The van der Waals surface area contributed by atoms with Gasteiger partial charge in [-0.25, -0.2) is 4.98 Å². The van der Waals surface area contributed by atoms with Gasteiger partial charge in [0.1, 0.15) is 17.3 Å². The van der Waals surface area contributed by atoms with Crippen molar-refractivity contribution in [2.75, 3.05) is 0 Å². The molecule has 0 unspecified atom stereocenters. The van der Waals surface area contributed by atoms with Crippen LogP contribution < -0.4 is 9.30 Å². The van der Waals surface area contributed by atoms with Crippen LogP contribution in [0.1, 0.15) is 58.0 Å². The third kappa shape index (κ3) is 6.45. The lowest BCUT2D eigenvalue weighted by molar-refractivity contribution is -0.571. The van der Waals surface area contributed by atoms with Gasteiger partial charge in [0.2, 0.25) is 0 Å². The van der Waals surface area contributed by atoms with Crippen molar-refractivity contribution in [3.05, 3.63) is 199 Å². The lowest BCUT2D eigenvalue weighted by Crippen LogP contribution is -2.31. The fraction of sp³-hybridized carbons (Fsp3) is 0.111. The molecule has 0 fully saturated rings. The van der Waals surface area contributed by atoms with E-state index in [0.717, 1.165) is 16.3 Å².